The molecule has 2 heteroatoms. The maximum atomic E-state index is 3.32. The Hall–Kier alpha value is -0.721. The molecular formula is C12H14MnN-. The maximum Gasteiger partial charge on any atom is 0.0459 e. The second-order valence-electron chi connectivity index (χ2n) is 3.51. The molecule has 0 fully saturated rings. The van der Waals surface area contributed by atoms with E-state index in [1.807, 2.05) is 0 Å². The molecule has 1 aromatic carbocycles. The molecule has 1 radical (unpaired) electrons. The number of benzene rings is 1. The maximum absolute atomic E-state index is 3.32. The summed E-state index contributed by atoms with van der Waals surface area (Å²) < 4.78 is 0. The summed E-state index contributed by atoms with van der Waals surface area (Å²) in [4.78, 5) is 3.32. The van der Waals surface area contributed by atoms with E-state index < -0.39 is 0 Å². The molecule has 14 heavy (non-hydrogen) atoms. The summed E-state index contributed by atoms with van der Waals surface area (Å²) in [6.07, 6.45) is 5.97. The van der Waals surface area contributed by atoms with E-state index in [2.05, 4.69) is 29.4 Å². The SMILES string of the molecule is [CH3-].[Mn].c1cc2c3c(c[nH]c3c1)CCC2. The zero-order valence-corrected chi connectivity index (χ0v) is 9.49. The molecule has 1 aromatic heterocycles. The standard InChI is InChI=1S/C11H11N.CH3.Mn/c1-3-8-4-2-6-10-11(8)9(5-1)7-12-10;;/h2,4,6-7,12H,1,3,5H2;1H3;/q;-1;. The molecular weight excluding hydrogens is 213 g/mol. The molecule has 0 saturated heterocycles. The van der Waals surface area contributed by atoms with Gasteiger partial charge in [0.2, 0.25) is 0 Å². The number of aromatic amines is 1. The fourth-order valence-corrected chi connectivity index (χ4v) is 2.21. The van der Waals surface area contributed by atoms with Crippen molar-refractivity contribution >= 4 is 10.9 Å². The van der Waals surface area contributed by atoms with E-state index in [4.69, 9.17) is 0 Å². The first kappa shape index (κ1) is 11.4. The van der Waals surface area contributed by atoms with Crippen molar-refractivity contribution in [2.45, 2.75) is 19.3 Å². The van der Waals surface area contributed by atoms with Crippen molar-refractivity contribution < 1.29 is 17.1 Å². The Morgan fingerprint density at radius 3 is 2.71 bits per heavy atom. The molecule has 1 heterocycles. The predicted molar refractivity (Wildman–Crippen MR) is 56.7 cm³/mol. The van der Waals surface area contributed by atoms with Gasteiger partial charge in [-0.25, -0.2) is 0 Å². The number of rotatable bonds is 0. The number of aromatic nitrogens is 1. The van der Waals surface area contributed by atoms with E-state index in [1.165, 1.54) is 41.3 Å². The quantitative estimate of drug-likeness (QED) is 0.525. The van der Waals surface area contributed by atoms with Crippen LogP contribution in [0.15, 0.2) is 24.4 Å². The Bertz CT molecular complexity index is 431. The van der Waals surface area contributed by atoms with Crippen molar-refractivity contribution in [1.82, 2.24) is 4.98 Å². The van der Waals surface area contributed by atoms with Gasteiger partial charge in [-0.1, -0.05) is 12.1 Å². The van der Waals surface area contributed by atoms with Gasteiger partial charge in [0, 0.05) is 34.2 Å². The molecule has 0 bridgehead atoms. The van der Waals surface area contributed by atoms with Crippen molar-refractivity contribution in [2.75, 3.05) is 0 Å². The van der Waals surface area contributed by atoms with E-state index >= 15 is 0 Å². The topological polar surface area (TPSA) is 15.8 Å². The smallest absolute Gasteiger partial charge is 0.0459 e. The summed E-state index contributed by atoms with van der Waals surface area (Å²) in [7, 11) is 0. The van der Waals surface area contributed by atoms with Crippen LogP contribution in [0.25, 0.3) is 10.9 Å². The normalized spacial score (nSPS) is 13.1. The Morgan fingerprint density at radius 1 is 1.07 bits per heavy atom. The number of aryl methyl sites for hydroxylation is 2. The van der Waals surface area contributed by atoms with E-state index in [9.17, 15) is 0 Å². The average molecular weight is 227 g/mol. The van der Waals surface area contributed by atoms with Gasteiger partial charge in [-0.05, 0) is 36.5 Å². The number of nitrogens with one attached hydrogen (secondary N) is 1. The molecule has 0 spiro atoms. The van der Waals surface area contributed by atoms with Crippen LogP contribution >= 0.6 is 0 Å². The Morgan fingerprint density at radius 2 is 1.86 bits per heavy atom. The molecule has 2 aromatic rings. The van der Waals surface area contributed by atoms with E-state index in [0.29, 0.717) is 0 Å². The van der Waals surface area contributed by atoms with Gasteiger partial charge in [0.15, 0.2) is 0 Å². The van der Waals surface area contributed by atoms with Gasteiger partial charge >= 0.3 is 0 Å². The molecule has 0 amide bonds. The zero-order valence-electron chi connectivity index (χ0n) is 8.31. The Kier molecular flexibility index (Phi) is 3.41. The van der Waals surface area contributed by atoms with Crippen LogP contribution in [0, 0.1) is 7.43 Å². The van der Waals surface area contributed by atoms with Gasteiger partial charge in [0.1, 0.15) is 0 Å². The molecule has 0 unspecified atom stereocenters. The first-order valence-corrected chi connectivity index (χ1v) is 4.53. The van der Waals surface area contributed by atoms with Crippen LogP contribution in [0.4, 0.5) is 0 Å². The second-order valence-corrected chi connectivity index (χ2v) is 3.51. The molecule has 1 N–H and O–H groups in total. The molecule has 75 valence electrons. The van der Waals surface area contributed by atoms with Gasteiger partial charge < -0.3 is 12.4 Å². The fourth-order valence-electron chi connectivity index (χ4n) is 2.21. The van der Waals surface area contributed by atoms with Crippen LogP contribution in [0.5, 0.6) is 0 Å². The summed E-state index contributed by atoms with van der Waals surface area (Å²) in [5.74, 6) is 0. The van der Waals surface area contributed by atoms with Crippen molar-refractivity contribution in [1.29, 1.82) is 0 Å². The zero-order chi connectivity index (χ0) is 7.97. The van der Waals surface area contributed by atoms with Gasteiger partial charge in [-0.3, -0.25) is 0 Å². The van der Waals surface area contributed by atoms with Crippen molar-refractivity contribution in [3.05, 3.63) is 42.9 Å². The van der Waals surface area contributed by atoms with Crippen LogP contribution < -0.4 is 0 Å². The third kappa shape index (κ3) is 1.49. The summed E-state index contributed by atoms with van der Waals surface area (Å²) in [6, 6.07) is 6.55. The van der Waals surface area contributed by atoms with E-state index in [-0.39, 0.29) is 24.5 Å². The van der Waals surface area contributed by atoms with Gasteiger partial charge in [0.25, 0.3) is 0 Å². The minimum absolute atomic E-state index is 0. The first-order chi connectivity index (χ1) is 5.95. The van der Waals surface area contributed by atoms with Crippen LogP contribution in [0.1, 0.15) is 17.5 Å². The average Bonchev–Trinajstić information content (AvgIpc) is 2.52. The number of hydrogen-bond donors (Lipinski definition) is 1. The summed E-state index contributed by atoms with van der Waals surface area (Å²) in [5, 5.41) is 1.49. The molecule has 0 saturated carbocycles. The monoisotopic (exact) mass is 227 g/mol. The largest absolute Gasteiger partial charge is 0.361 e. The van der Waals surface area contributed by atoms with Crippen molar-refractivity contribution in [3.8, 4) is 0 Å². The predicted octanol–water partition coefficient (Wildman–Crippen LogP) is 3.10. The van der Waals surface area contributed by atoms with Crippen LogP contribution in [0.2, 0.25) is 0 Å². The molecule has 0 atom stereocenters. The fraction of sp³-hybridized carbons (Fsp3) is 0.250. The second kappa shape index (κ2) is 4.20. The number of hydrogen-bond acceptors (Lipinski definition) is 0. The molecule has 1 aliphatic carbocycles. The minimum atomic E-state index is 0. The third-order valence-corrected chi connectivity index (χ3v) is 2.77. The molecule has 1 nitrogen and oxygen atoms in total. The van der Waals surface area contributed by atoms with Gasteiger partial charge in [0.05, 0.1) is 0 Å². The minimum Gasteiger partial charge on any atom is -0.361 e. The Labute approximate surface area is 95.4 Å². The third-order valence-electron chi connectivity index (χ3n) is 2.77. The van der Waals surface area contributed by atoms with Crippen molar-refractivity contribution in [3.63, 3.8) is 0 Å². The molecule has 3 rings (SSSR count). The summed E-state index contributed by atoms with van der Waals surface area (Å²) in [5.41, 5.74) is 4.34. The molecule has 1 aliphatic rings. The summed E-state index contributed by atoms with van der Waals surface area (Å²) in [6.45, 7) is 0. The summed E-state index contributed by atoms with van der Waals surface area (Å²) >= 11 is 0. The number of H-pyrrole nitrogens is 1. The van der Waals surface area contributed by atoms with Crippen molar-refractivity contribution in [2.24, 2.45) is 0 Å². The Balaban J connectivity index is 0.000000490. The van der Waals surface area contributed by atoms with Crippen LogP contribution in [-0.2, 0) is 29.9 Å². The van der Waals surface area contributed by atoms with Gasteiger partial charge in [-0.2, -0.15) is 0 Å². The van der Waals surface area contributed by atoms with Crippen LogP contribution in [0.3, 0.4) is 0 Å². The van der Waals surface area contributed by atoms with E-state index in [1.54, 1.807) is 0 Å². The van der Waals surface area contributed by atoms with Crippen LogP contribution in [-0.4, -0.2) is 4.98 Å². The first-order valence-electron chi connectivity index (χ1n) is 4.53. The van der Waals surface area contributed by atoms with E-state index in [0.717, 1.165) is 0 Å². The van der Waals surface area contributed by atoms with Gasteiger partial charge in [-0.15, -0.1) is 0 Å². The molecule has 0 aliphatic heterocycles.